The Hall–Kier alpha value is -1.35. The highest BCUT2D eigenvalue weighted by atomic mass is 16.5. The molecule has 1 saturated heterocycles. The number of aldehydes is 1. The highest BCUT2D eigenvalue weighted by Gasteiger charge is 2.14. The van der Waals surface area contributed by atoms with Gasteiger partial charge in [0.25, 0.3) is 0 Å². The van der Waals surface area contributed by atoms with Gasteiger partial charge in [0.1, 0.15) is 12.0 Å². The Kier molecular flexibility index (Phi) is 3.94. The number of hydrogen-bond acceptors (Lipinski definition) is 3. The van der Waals surface area contributed by atoms with Crippen LogP contribution in [0.2, 0.25) is 0 Å². The van der Waals surface area contributed by atoms with Crippen LogP contribution in [0.3, 0.4) is 0 Å². The van der Waals surface area contributed by atoms with Crippen molar-refractivity contribution in [1.82, 2.24) is 0 Å². The van der Waals surface area contributed by atoms with E-state index in [0.29, 0.717) is 18.1 Å². The van der Waals surface area contributed by atoms with Crippen molar-refractivity contribution in [3.05, 3.63) is 29.8 Å². The lowest BCUT2D eigenvalue weighted by atomic mass is 10.0. The summed E-state index contributed by atoms with van der Waals surface area (Å²) in [4.78, 5) is 10.6. The fraction of sp³-hybridized carbons (Fsp3) is 0.462. The number of hydrogen-bond donors (Lipinski definition) is 0. The van der Waals surface area contributed by atoms with Gasteiger partial charge in [0, 0.05) is 18.8 Å². The summed E-state index contributed by atoms with van der Waals surface area (Å²) in [7, 11) is 0. The van der Waals surface area contributed by atoms with Crippen LogP contribution in [-0.4, -0.2) is 26.1 Å². The second-order valence-electron chi connectivity index (χ2n) is 4.06. The minimum Gasteiger partial charge on any atom is -0.493 e. The Labute approximate surface area is 95.4 Å². The molecule has 3 heteroatoms. The minimum atomic E-state index is 0.577. The maximum absolute atomic E-state index is 10.6. The van der Waals surface area contributed by atoms with E-state index >= 15 is 0 Å². The van der Waals surface area contributed by atoms with Crippen LogP contribution in [0.5, 0.6) is 5.75 Å². The van der Waals surface area contributed by atoms with Crippen molar-refractivity contribution in [3.63, 3.8) is 0 Å². The first-order valence-corrected chi connectivity index (χ1v) is 5.64. The third-order valence-electron chi connectivity index (χ3n) is 2.82. The van der Waals surface area contributed by atoms with Gasteiger partial charge in [0.2, 0.25) is 0 Å². The fourth-order valence-corrected chi connectivity index (χ4v) is 1.80. The summed E-state index contributed by atoms with van der Waals surface area (Å²) in [5, 5.41) is 0. The van der Waals surface area contributed by atoms with E-state index in [1.165, 1.54) is 0 Å². The van der Waals surface area contributed by atoms with Crippen LogP contribution >= 0.6 is 0 Å². The maximum Gasteiger partial charge on any atom is 0.150 e. The van der Waals surface area contributed by atoms with Crippen LogP contribution in [0.15, 0.2) is 24.3 Å². The van der Waals surface area contributed by atoms with E-state index in [9.17, 15) is 4.79 Å². The topological polar surface area (TPSA) is 35.5 Å². The van der Waals surface area contributed by atoms with Gasteiger partial charge >= 0.3 is 0 Å². The van der Waals surface area contributed by atoms with Gasteiger partial charge in [-0.25, -0.2) is 0 Å². The summed E-state index contributed by atoms with van der Waals surface area (Å²) < 4.78 is 11.0. The van der Waals surface area contributed by atoms with Crippen LogP contribution in [0.1, 0.15) is 23.2 Å². The van der Waals surface area contributed by atoms with E-state index in [1.807, 2.05) is 12.1 Å². The molecule has 0 atom stereocenters. The predicted molar refractivity (Wildman–Crippen MR) is 60.9 cm³/mol. The maximum atomic E-state index is 10.6. The summed E-state index contributed by atoms with van der Waals surface area (Å²) in [5.74, 6) is 1.35. The molecule has 0 bridgehead atoms. The average Bonchev–Trinajstić information content (AvgIpc) is 2.38. The molecule has 1 aromatic carbocycles. The molecular weight excluding hydrogens is 204 g/mol. The quantitative estimate of drug-likeness (QED) is 0.730. The van der Waals surface area contributed by atoms with Gasteiger partial charge in [-0.2, -0.15) is 0 Å². The van der Waals surface area contributed by atoms with Crippen molar-refractivity contribution in [3.8, 4) is 5.75 Å². The van der Waals surface area contributed by atoms with E-state index < -0.39 is 0 Å². The smallest absolute Gasteiger partial charge is 0.150 e. The third kappa shape index (κ3) is 3.07. The minimum absolute atomic E-state index is 0.577. The molecule has 1 aliphatic rings. The SMILES string of the molecule is O=Cc1cccc(OCC2CCOCC2)c1. The van der Waals surface area contributed by atoms with Gasteiger partial charge in [0.05, 0.1) is 6.61 Å². The molecule has 16 heavy (non-hydrogen) atoms. The number of benzene rings is 1. The standard InChI is InChI=1S/C13H16O3/c14-9-12-2-1-3-13(8-12)16-10-11-4-6-15-7-5-11/h1-3,8-9,11H,4-7,10H2. The summed E-state index contributed by atoms with van der Waals surface area (Å²) in [5.41, 5.74) is 0.657. The van der Waals surface area contributed by atoms with Gasteiger partial charge in [-0.3, -0.25) is 4.79 Å². The van der Waals surface area contributed by atoms with Gasteiger partial charge in [-0.05, 0) is 30.9 Å². The number of carbonyl (C=O) groups excluding carboxylic acids is 1. The average molecular weight is 220 g/mol. The lowest BCUT2D eigenvalue weighted by molar-refractivity contribution is 0.0497. The second kappa shape index (κ2) is 5.66. The lowest BCUT2D eigenvalue weighted by Gasteiger charge is -2.22. The molecule has 1 fully saturated rings. The van der Waals surface area contributed by atoms with E-state index in [-0.39, 0.29) is 0 Å². The Balaban J connectivity index is 1.85. The summed E-state index contributed by atoms with van der Waals surface area (Å²) >= 11 is 0. The first-order chi connectivity index (χ1) is 7.88. The third-order valence-corrected chi connectivity index (χ3v) is 2.82. The summed E-state index contributed by atoms with van der Waals surface area (Å²) in [6.07, 6.45) is 2.96. The molecule has 0 radical (unpaired) electrons. The normalized spacial score (nSPS) is 17.0. The second-order valence-corrected chi connectivity index (χ2v) is 4.06. The Morgan fingerprint density at radius 2 is 2.19 bits per heavy atom. The first kappa shape index (κ1) is 11.1. The Bertz CT molecular complexity index is 343. The van der Waals surface area contributed by atoms with Gasteiger partial charge in [-0.1, -0.05) is 12.1 Å². The lowest BCUT2D eigenvalue weighted by Crippen LogP contribution is -2.21. The fourth-order valence-electron chi connectivity index (χ4n) is 1.80. The number of rotatable bonds is 4. The molecule has 2 rings (SSSR count). The molecule has 1 heterocycles. The van der Waals surface area contributed by atoms with Crippen molar-refractivity contribution in [2.45, 2.75) is 12.8 Å². The predicted octanol–water partition coefficient (Wildman–Crippen LogP) is 2.30. The van der Waals surface area contributed by atoms with Crippen LogP contribution in [0.25, 0.3) is 0 Å². The van der Waals surface area contributed by atoms with Crippen LogP contribution < -0.4 is 4.74 Å². The molecule has 3 nitrogen and oxygen atoms in total. The molecule has 0 N–H and O–H groups in total. The molecule has 1 aliphatic heterocycles. The largest absolute Gasteiger partial charge is 0.493 e. The zero-order valence-corrected chi connectivity index (χ0v) is 9.22. The molecule has 0 aliphatic carbocycles. The Morgan fingerprint density at radius 1 is 1.38 bits per heavy atom. The number of ether oxygens (including phenoxy) is 2. The van der Waals surface area contributed by atoms with Crippen LogP contribution in [0, 0.1) is 5.92 Å². The summed E-state index contributed by atoms with van der Waals surface area (Å²) in [6.45, 7) is 2.39. The van der Waals surface area contributed by atoms with Crippen molar-refractivity contribution < 1.29 is 14.3 Å². The zero-order valence-electron chi connectivity index (χ0n) is 9.22. The highest BCUT2D eigenvalue weighted by molar-refractivity contribution is 5.75. The van der Waals surface area contributed by atoms with Crippen LogP contribution in [-0.2, 0) is 4.74 Å². The van der Waals surface area contributed by atoms with Crippen molar-refractivity contribution in [2.24, 2.45) is 5.92 Å². The first-order valence-electron chi connectivity index (χ1n) is 5.64. The Morgan fingerprint density at radius 3 is 2.94 bits per heavy atom. The van der Waals surface area contributed by atoms with Gasteiger partial charge in [-0.15, -0.1) is 0 Å². The molecule has 0 amide bonds. The molecule has 86 valence electrons. The van der Waals surface area contributed by atoms with E-state index in [0.717, 1.165) is 38.1 Å². The van der Waals surface area contributed by atoms with Gasteiger partial charge in [0.15, 0.2) is 0 Å². The number of carbonyl (C=O) groups is 1. The van der Waals surface area contributed by atoms with Crippen molar-refractivity contribution >= 4 is 6.29 Å². The highest BCUT2D eigenvalue weighted by Crippen LogP contribution is 2.18. The summed E-state index contributed by atoms with van der Waals surface area (Å²) in [6, 6.07) is 7.26. The van der Waals surface area contributed by atoms with E-state index in [2.05, 4.69) is 0 Å². The monoisotopic (exact) mass is 220 g/mol. The molecular formula is C13H16O3. The van der Waals surface area contributed by atoms with E-state index in [1.54, 1.807) is 12.1 Å². The molecule has 0 unspecified atom stereocenters. The molecule has 0 spiro atoms. The van der Waals surface area contributed by atoms with Gasteiger partial charge < -0.3 is 9.47 Å². The van der Waals surface area contributed by atoms with Crippen molar-refractivity contribution in [2.75, 3.05) is 19.8 Å². The molecule has 0 aromatic heterocycles. The van der Waals surface area contributed by atoms with E-state index in [4.69, 9.17) is 9.47 Å². The van der Waals surface area contributed by atoms with Crippen molar-refractivity contribution in [1.29, 1.82) is 0 Å². The molecule has 1 aromatic rings. The molecule has 0 saturated carbocycles. The van der Waals surface area contributed by atoms with Crippen LogP contribution in [0.4, 0.5) is 0 Å². The zero-order chi connectivity index (χ0) is 11.2.